The van der Waals surface area contributed by atoms with Crippen LogP contribution >= 0.6 is 0 Å². The molecule has 2 fully saturated rings. The summed E-state index contributed by atoms with van der Waals surface area (Å²) in [7, 11) is 0. The molecule has 0 aromatic rings. The van der Waals surface area contributed by atoms with Gasteiger partial charge in [-0.1, -0.05) is 27.7 Å². The van der Waals surface area contributed by atoms with Gasteiger partial charge in [0.1, 0.15) is 62.0 Å². The predicted molar refractivity (Wildman–Crippen MR) is 171 cm³/mol. The molecule has 10 N–H and O–H groups in total. The molecule has 2 rings (SSSR count). The third-order valence-electron chi connectivity index (χ3n) is 9.86. The number of ether oxygens (including phenoxy) is 6. The summed E-state index contributed by atoms with van der Waals surface area (Å²) in [5, 5.41) is 53.9. The molecular weight excluding hydrogens is 636 g/mol. The maximum Gasteiger partial charge on any atom is 0.329 e. The second-order valence-corrected chi connectivity index (χ2v) is 13.5. The van der Waals surface area contributed by atoms with Crippen molar-refractivity contribution in [1.82, 2.24) is 16.3 Å². The van der Waals surface area contributed by atoms with E-state index in [-0.39, 0.29) is 26.4 Å². The second kappa shape index (κ2) is 19.1. The van der Waals surface area contributed by atoms with Gasteiger partial charge in [-0.15, -0.1) is 0 Å². The second-order valence-electron chi connectivity index (χ2n) is 13.5. The molecule has 48 heavy (non-hydrogen) atoms. The molecule has 17 nitrogen and oxygen atoms in total. The Morgan fingerprint density at radius 1 is 0.833 bits per heavy atom. The smallest absolute Gasteiger partial charge is 0.329 e. The number of carboxylic acid groups (broad SMARTS) is 1. The fourth-order valence-electron chi connectivity index (χ4n) is 6.00. The number of aliphatic hydroxyl groups is 4. The lowest BCUT2D eigenvalue weighted by Gasteiger charge is -2.57. The Hall–Kier alpha value is -1.58. The molecule has 0 aromatic carbocycles. The largest absolute Gasteiger partial charge is 0.480 e. The number of nitrogens with one attached hydrogen (secondary N) is 3. The number of carbonyl (C=O) groups is 2. The normalized spacial score (nSPS) is 32.3. The van der Waals surface area contributed by atoms with Crippen LogP contribution in [0.1, 0.15) is 67.7 Å². The third kappa shape index (κ3) is 11.0. The van der Waals surface area contributed by atoms with Crippen LogP contribution in [0.5, 0.6) is 0 Å². The molecule has 11 atom stereocenters. The van der Waals surface area contributed by atoms with E-state index in [0.717, 1.165) is 0 Å². The molecular formula is C31H60N4O13. The first kappa shape index (κ1) is 42.6. The van der Waals surface area contributed by atoms with Gasteiger partial charge in [-0.3, -0.25) is 21.5 Å². The first-order chi connectivity index (χ1) is 22.5. The lowest BCUT2D eigenvalue weighted by atomic mass is 9.64. The maximum absolute atomic E-state index is 12.1. The number of hydrazine groups is 2. The number of aliphatic carboxylic acids is 1. The molecule has 282 valence electrons. The van der Waals surface area contributed by atoms with E-state index in [1.165, 1.54) is 0 Å². The van der Waals surface area contributed by atoms with Crippen LogP contribution in [0, 0.1) is 5.41 Å². The van der Waals surface area contributed by atoms with E-state index in [9.17, 15) is 30.0 Å². The zero-order chi connectivity index (χ0) is 36.3. The summed E-state index contributed by atoms with van der Waals surface area (Å²) in [6.45, 7) is 12.3. The molecule has 2 saturated heterocycles. The van der Waals surface area contributed by atoms with Crippen molar-refractivity contribution < 1.29 is 63.5 Å². The first-order valence-corrected chi connectivity index (χ1v) is 16.7. The van der Waals surface area contributed by atoms with Crippen LogP contribution in [-0.2, 0) is 38.0 Å². The van der Waals surface area contributed by atoms with Gasteiger partial charge in [0, 0.05) is 18.5 Å². The van der Waals surface area contributed by atoms with Crippen molar-refractivity contribution in [3.05, 3.63) is 0 Å². The van der Waals surface area contributed by atoms with Crippen molar-refractivity contribution in [2.24, 2.45) is 11.3 Å². The van der Waals surface area contributed by atoms with E-state index in [2.05, 4.69) is 16.3 Å². The molecule has 0 aliphatic carbocycles. The van der Waals surface area contributed by atoms with E-state index in [1.807, 2.05) is 41.5 Å². The van der Waals surface area contributed by atoms with Gasteiger partial charge in [0.2, 0.25) is 0 Å². The summed E-state index contributed by atoms with van der Waals surface area (Å²) in [5.74, 6) is 3.57. The SMILES string of the molecule is CCC(C)(C)OC1C(COCC(=O)O)OC(C(C)(CC)C(C)(CC)OC2C(COCC(=O)NNCCNN)OCC(O)C2O)C(O)C1O. The van der Waals surface area contributed by atoms with Crippen molar-refractivity contribution >= 4 is 11.9 Å². The molecule has 17 heteroatoms. The summed E-state index contributed by atoms with van der Waals surface area (Å²) >= 11 is 0. The lowest BCUT2D eigenvalue weighted by Crippen LogP contribution is -2.69. The number of rotatable bonds is 21. The highest BCUT2D eigenvalue weighted by molar-refractivity contribution is 5.76. The summed E-state index contributed by atoms with van der Waals surface area (Å²) < 4.78 is 36.2. The van der Waals surface area contributed by atoms with Gasteiger partial charge in [-0.2, -0.15) is 0 Å². The number of hydrogen-bond acceptors (Lipinski definition) is 15. The molecule has 0 spiro atoms. The van der Waals surface area contributed by atoms with Gasteiger partial charge in [0.05, 0.1) is 37.1 Å². The number of nitrogens with two attached hydrogens (primary N) is 1. The summed E-state index contributed by atoms with van der Waals surface area (Å²) in [6.07, 6.45) is -9.32. The van der Waals surface area contributed by atoms with Crippen LogP contribution in [0.2, 0.25) is 0 Å². The quantitative estimate of drug-likeness (QED) is 0.0370. The standard InChI is InChI=1S/C31H60N4O13/c1-8-29(4,5)47-27-20(15-44-17-22(38)39)46-28(25(42)24(27)41)30(6,9-2)31(7,10-3)48-26-19(45-13-18(36)23(26)40)14-43-16-21(37)35-34-12-11-33-32/h18-20,23-28,33-34,36,40-42H,8-17,32H2,1-7H3,(H,35,37)(H,38,39). The molecule has 1 amide bonds. The van der Waals surface area contributed by atoms with Crippen LogP contribution in [0.25, 0.3) is 0 Å². The Morgan fingerprint density at radius 3 is 2.04 bits per heavy atom. The maximum atomic E-state index is 12.1. The lowest BCUT2D eigenvalue weighted by molar-refractivity contribution is -0.319. The van der Waals surface area contributed by atoms with Gasteiger partial charge in [-0.05, 0) is 40.0 Å². The van der Waals surface area contributed by atoms with Gasteiger partial charge >= 0.3 is 5.97 Å². The Bertz CT molecular complexity index is 996. The highest BCUT2D eigenvalue weighted by atomic mass is 16.6. The highest BCUT2D eigenvalue weighted by Gasteiger charge is 2.59. The zero-order valence-corrected chi connectivity index (χ0v) is 29.3. The number of carboxylic acids is 1. The van der Waals surface area contributed by atoms with Crippen molar-refractivity contribution in [1.29, 1.82) is 0 Å². The average Bonchev–Trinajstić information content (AvgIpc) is 3.05. The predicted octanol–water partition coefficient (Wildman–Crippen LogP) is -1.66. The molecule has 11 unspecified atom stereocenters. The number of carbonyl (C=O) groups excluding carboxylic acids is 1. The summed E-state index contributed by atoms with van der Waals surface area (Å²) in [5.41, 5.74) is 4.66. The Kier molecular flexibility index (Phi) is 17.0. The summed E-state index contributed by atoms with van der Waals surface area (Å²) in [4.78, 5) is 23.3. The van der Waals surface area contributed by atoms with Crippen LogP contribution in [0.3, 0.4) is 0 Å². The van der Waals surface area contributed by atoms with E-state index in [4.69, 9.17) is 39.4 Å². The molecule has 0 saturated carbocycles. The summed E-state index contributed by atoms with van der Waals surface area (Å²) in [6, 6.07) is 0. The van der Waals surface area contributed by atoms with Gasteiger partial charge < -0.3 is 54.0 Å². The van der Waals surface area contributed by atoms with Gasteiger partial charge in [0.15, 0.2) is 0 Å². The van der Waals surface area contributed by atoms with E-state index in [0.29, 0.717) is 32.4 Å². The van der Waals surface area contributed by atoms with Crippen molar-refractivity contribution in [2.75, 3.05) is 46.1 Å². The highest BCUT2D eigenvalue weighted by Crippen LogP contribution is 2.49. The van der Waals surface area contributed by atoms with Crippen LogP contribution < -0.4 is 22.1 Å². The minimum Gasteiger partial charge on any atom is -0.480 e. The fourth-order valence-corrected chi connectivity index (χ4v) is 6.00. The van der Waals surface area contributed by atoms with Crippen molar-refractivity contribution in [2.45, 2.75) is 134 Å². The van der Waals surface area contributed by atoms with Crippen molar-refractivity contribution in [3.63, 3.8) is 0 Å². The molecule has 0 aromatic heterocycles. The van der Waals surface area contributed by atoms with Crippen molar-refractivity contribution in [3.8, 4) is 0 Å². The van der Waals surface area contributed by atoms with Crippen LogP contribution in [-0.4, -0.2) is 150 Å². The Morgan fingerprint density at radius 2 is 1.46 bits per heavy atom. The monoisotopic (exact) mass is 696 g/mol. The third-order valence-corrected chi connectivity index (χ3v) is 9.86. The molecule has 2 heterocycles. The van der Waals surface area contributed by atoms with Gasteiger partial charge in [0.25, 0.3) is 5.91 Å². The molecule has 2 aliphatic heterocycles. The zero-order valence-electron chi connectivity index (χ0n) is 29.3. The Balaban J connectivity index is 2.34. The van der Waals surface area contributed by atoms with E-state index >= 15 is 0 Å². The fraction of sp³-hybridized carbons (Fsp3) is 0.935. The molecule has 0 radical (unpaired) electrons. The first-order valence-electron chi connectivity index (χ1n) is 16.7. The number of amides is 1. The van der Waals surface area contributed by atoms with E-state index < -0.39 is 90.0 Å². The van der Waals surface area contributed by atoms with Crippen LogP contribution in [0.15, 0.2) is 0 Å². The Labute approximate surface area is 283 Å². The minimum atomic E-state index is -1.46. The van der Waals surface area contributed by atoms with Crippen LogP contribution in [0.4, 0.5) is 0 Å². The minimum absolute atomic E-state index is 0.147. The number of hydrogen-bond donors (Lipinski definition) is 9. The van der Waals surface area contributed by atoms with Gasteiger partial charge in [-0.25, -0.2) is 10.2 Å². The topological polar surface area (TPSA) is 253 Å². The average molecular weight is 697 g/mol. The van der Waals surface area contributed by atoms with E-state index in [1.54, 1.807) is 6.92 Å². The molecule has 0 bridgehead atoms. The molecule has 2 aliphatic rings. The number of aliphatic hydroxyl groups excluding tert-OH is 4.